The summed E-state index contributed by atoms with van der Waals surface area (Å²) >= 11 is 0. The maximum Gasteiger partial charge on any atom is 0.486 e. The van der Waals surface area contributed by atoms with Crippen LogP contribution in [0.1, 0.15) is 67.9 Å². The van der Waals surface area contributed by atoms with E-state index in [2.05, 4.69) is 26.9 Å². The van der Waals surface area contributed by atoms with Crippen LogP contribution in [0, 0.1) is 0 Å². The van der Waals surface area contributed by atoms with E-state index in [0.29, 0.717) is 19.8 Å². The number of pyridine rings is 1. The third-order valence-corrected chi connectivity index (χ3v) is 6.59. The van der Waals surface area contributed by atoms with Crippen LogP contribution in [0.5, 0.6) is 0 Å². The van der Waals surface area contributed by atoms with Crippen molar-refractivity contribution in [2.45, 2.75) is 85.5 Å². The van der Waals surface area contributed by atoms with Crippen LogP contribution in [0.4, 0.5) is 5.82 Å². The molecule has 0 bridgehead atoms. The molecular weight excluding hydrogens is 469 g/mol. The van der Waals surface area contributed by atoms with Crippen molar-refractivity contribution >= 4 is 18.9 Å². The second kappa shape index (κ2) is 13.7. The fraction of sp³-hybridized carbons (Fsp3) is 0.714. The van der Waals surface area contributed by atoms with Crippen molar-refractivity contribution in [1.29, 1.82) is 0 Å². The molecule has 2 fully saturated rings. The minimum Gasteiger partial charge on any atom is -0.459 e. The van der Waals surface area contributed by atoms with Crippen LogP contribution < -0.4 is 4.90 Å². The second-order valence-corrected chi connectivity index (χ2v) is 11.3. The standard InChI is InChI=1S/C26H42BN3O5.C2H6/c1-24(2,3)33-23(31)20-29-13-15-30(16-14-29)22-10-9-21(19-28-22)11-18-32-17-8-12-27-34-25(4,5)26(6,7)35-27;1-2/h8-10,12,19H,11,13-18,20H2,1-7H3;1-2H3/b12-8+;. The normalized spacial score (nSPS) is 19.6. The number of anilines is 1. The molecule has 208 valence electrons. The molecule has 2 aliphatic rings. The molecule has 0 spiro atoms. The fourth-order valence-electron chi connectivity index (χ4n) is 3.92. The molecule has 0 radical (unpaired) electrons. The minimum atomic E-state index is -0.444. The predicted molar refractivity (Wildman–Crippen MR) is 150 cm³/mol. The first-order valence-corrected chi connectivity index (χ1v) is 13.6. The third kappa shape index (κ3) is 10.0. The number of aromatic nitrogens is 1. The number of hydrogen-bond donors (Lipinski definition) is 0. The van der Waals surface area contributed by atoms with Crippen LogP contribution in [-0.4, -0.2) is 85.7 Å². The van der Waals surface area contributed by atoms with E-state index in [9.17, 15) is 4.79 Å². The van der Waals surface area contributed by atoms with E-state index < -0.39 is 5.60 Å². The van der Waals surface area contributed by atoms with Crippen LogP contribution in [0.2, 0.25) is 0 Å². The smallest absolute Gasteiger partial charge is 0.459 e. The zero-order chi connectivity index (χ0) is 27.7. The minimum absolute atomic E-state index is 0.167. The summed E-state index contributed by atoms with van der Waals surface area (Å²) in [6, 6.07) is 4.18. The van der Waals surface area contributed by atoms with E-state index >= 15 is 0 Å². The van der Waals surface area contributed by atoms with Gasteiger partial charge in [-0.2, -0.15) is 0 Å². The van der Waals surface area contributed by atoms with Crippen LogP contribution >= 0.6 is 0 Å². The lowest BCUT2D eigenvalue weighted by molar-refractivity contribution is -0.156. The molecule has 0 N–H and O–H groups in total. The van der Waals surface area contributed by atoms with Crippen molar-refractivity contribution in [2.24, 2.45) is 0 Å². The number of carbonyl (C=O) groups is 1. The van der Waals surface area contributed by atoms with E-state index in [0.717, 1.165) is 44.0 Å². The molecule has 0 aliphatic carbocycles. The van der Waals surface area contributed by atoms with Gasteiger partial charge in [0.05, 0.1) is 31.0 Å². The fourth-order valence-corrected chi connectivity index (χ4v) is 3.92. The van der Waals surface area contributed by atoms with E-state index in [1.165, 1.54) is 0 Å². The Hall–Kier alpha value is -1.94. The lowest BCUT2D eigenvalue weighted by Crippen LogP contribution is -2.48. The van der Waals surface area contributed by atoms with Gasteiger partial charge in [-0.25, -0.2) is 4.98 Å². The average molecular weight is 518 g/mol. The van der Waals surface area contributed by atoms with E-state index in [4.69, 9.17) is 18.8 Å². The number of ether oxygens (including phenoxy) is 2. The summed E-state index contributed by atoms with van der Waals surface area (Å²) < 4.78 is 23.0. The van der Waals surface area contributed by atoms with Crippen molar-refractivity contribution in [3.05, 3.63) is 35.9 Å². The van der Waals surface area contributed by atoms with Crippen molar-refractivity contribution in [1.82, 2.24) is 9.88 Å². The number of hydrogen-bond acceptors (Lipinski definition) is 8. The summed E-state index contributed by atoms with van der Waals surface area (Å²) in [5, 5.41) is 0. The van der Waals surface area contributed by atoms with Crippen molar-refractivity contribution in [3.8, 4) is 0 Å². The number of nitrogens with zero attached hydrogens (tertiary/aromatic N) is 3. The van der Waals surface area contributed by atoms with Gasteiger partial charge >= 0.3 is 13.1 Å². The number of piperazine rings is 1. The lowest BCUT2D eigenvalue weighted by Gasteiger charge is -2.35. The van der Waals surface area contributed by atoms with Crippen molar-refractivity contribution in [2.75, 3.05) is 50.8 Å². The molecule has 0 saturated carbocycles. The van der Waals surface area contributed by atoms with Crippen molar-refractivity contribution < 1.29 is 23.6 Å². The molecule has 2 aliphatic heterocycles. The zero-order valence-electron chi connectivity index (χ0n) is 24.5. The van der Waals surface area contributed by atoms with Crippen LogP contribution in [0.15, 0.2) is 30.4 Å². The SMILES string of the molecule is CC.CC(C)(C)OC(=O)CN1CCN(c2ccc(CCOC/C=C/B3OC(C)(C)C(C)(C)O3)cn2)CC1. The topological polar surface area (TPSA) is 73.4 Å². The molecule has 9 heteroatoms. The van der Waals surface area contributed by atoms with Gasteiger partial charge in [-0.05, 0) is 66.5 Å². The first-order valence-electron chi connectivity index (χ1n) is 13.6. The summed E-state index contributed by atoms with van der Waals surface area (Å²) in [6.45, 7) is 22.6. The van der Waals surface area contributed by atoms with Gasteiger partial charge in [-0.1, -0.05) is 32.0 Å². The third-order valence-electron chi connectivity index (χ3n) is 6.59. The molecule has 1 aromatic heterocycles. The quantitative estimate of drug-likeness (QED) is 0.273. The molecular formula is C28H48BN3O5. The predicted octanol–water partition coefficient (Wildman–Crippen LogP) is 4.32. The molecule has 8 nitrogen and oxygen atoms in total. The van der Waals surface area contributed by atoms with Gasteiger partial charge in [0, 0.05) is 32.4 Å². The average Bonchev–Trinajstić information content (AvgIpc) is 3.03. The van der Waals surface area contributed by atoms with Gasteiger partial charge in [-0.15, -0.1) is 0 Å². The van der Waals surface area contributed by atoms with Gasteiger partial charge in [-0.3, -0.25) is 9.69 Å². The van der Waals surface area contributed by atoms with Gasteiger partial charge in [0.15, 0.2) is 0 Å². The molecule has 2 saturated heterocycles. The molecule has 1 aromatic rings. The summed E-state index contributed by atoms with van der Waals surface area (Å²) in [5.41, 5.74) is 0.0543. The van der Waals surface area contributed by atoms with E-state index in [1.807, 2.05) is 80.6 Å². The largest absolute Gasteiger partial charge is 0.486 e. The Morgan fingerprint density at radius 3 is 2.24 bits per heavy atom. The van der Waals surface area contributed by atoms with Crippen molar-refractivity contribution in [3.63, 3.8) is 0 Å². The van der Waals surface area contributed by atoms with Gasteiger partial charge in [0.25, 0.3) is 0 Å². The Bertz CT molecular complexity index is 844. The Balaban J connectivity index is 0.00000235. The molecule has 3 rings (SSSR count). The number of esters is 1. The maximum atomic E-state index is 12.1. The summed E-state index contributed by atoms with van der Waals surface area (Å²) in [5.74, 6) is 2.72. The van der Waals surface area contributed by atoms with Gasteiger partial charge < -0.3 is 23.7 Å². The van der Waals surface area contributed by atoms with Crippen LogP contribution in [-0.2, 0) is 30.0 Å². The summed E-state index contributed by atoms with van der Waals surface area (Å²) in [4.78, 5) is 21.1. The maximum absolute atomic E-state index is 12.1. The first-order chi connectivity index (χ1) is 17.3. The number of rotatable bonds is 9. The molecule has 37 heavy (non-hydrogen) atoms. The molecule has 3 heterocycles. The van der Waals surface area contributed by atoms with Gasteiger partial charge in [0.1, 0.15) is 11.4 Å². The van der Waals surface area contributed by atoms with E-state index in [1.54, 1.807) is 0 Å². The number of carbonyl (C=O) groups excluding carboxylic acids is 1. The zero-order valence-corrected chi connectivity index (χ0v) is 24.5. The highest BCUT2D eigenvalue weighted by molar-refractivity contribution is 6.51. The Kier molecular flexibility index (Phi) is 11.6. The monoisotopic (exact) mass is 517 g/mol. The van der Waals surface area contributed by atoms with Crippen LogP contribution in [0.3, 0.4) is 0 Å². The highest BCUT2D eigenvalue weighted by Crippen LogP contribution is 2.36. The molecule has 0 amide bonds. The van der Waals surface area contributed by atoms with E-state index in [-0.39, 0.29) is 24.3 Å². The molecule has 0 unspecified atom stereocenters. The first kappa shape index (κ1) is 31.3. The Morgan fingerprint density at radius 2 is 1.70 bits per heavy atom. The second-order valence-electron chi connectivity index (χ2n) is 11.3. The van der Waals surface area contributed by atoms with Crippen LogP contribution in [0.25, 0.3) is 0 Å². The highest BCUT2D eigenvalue weighted by Gasteiger charge is 2.49. The Morgan fingerprint density at radius 1 is 1.08 bits per heavy atom. The highest BCUT2D eigenvalue weighted by atomic mass is 16.7. The molecule has 0 atom stereocenters. The summed E-state index contributed by atoms with van der Waals surface area (Å²) in [7, 11) is -0.334. The Labute approximate surface area is 224 Å². The van der Waals surface area contributed by atoms with Gasteiger partial charge in [0.2, 0.25) is 0 Å². The summed E-state index contributed by atoms with van der Waals surface area (Å²) in [6.07, 6.45) is 4.68. The lowest BCUT2D eigenvalue weighted by atomic mass is 9.90. The molecule has 0 aromatic carbocycles.